The molecule has 0 aliphatic heterocycles. The fourth-order valence-electron chi connectivity index (χ4n) is 4.00. The number of methoxy groups -OCH3 is 1. The van der Waals surface area contributed by atoms with Gasteiger partial charge in [-0.15, -0.1) is 0 Å². The number of aromatic nitrogens is 2. The molecule has 1 N–H and O–H groups in total. The average Bonchev–Trinajstić information content (AvgIpc) is 2.84. The van der Waals surface area contributed by atoms with Crippen LogP contribution in [0.4, 0.5) is 5.69 Å². The zero-order chi connectivity index (χ0) is 23.4. The molecule has 2 aliphatic carbocycles. The first-order valence-corrected chi connectivity index (χ1v) is 11.1. The van der Waals surface area contributed by atoms with E-state index in [-0.39, 0.29) is 24.0 Å². The lowest BCUT2D eigenvalue weighted by atomic mass is 9.99. The molecule has 0 spiro atoms. The molecule has 0 fully saturated rings. The molecule has 0 saturated heterocycles. The highest BCUT2D eigenvalue weighted by Gasteiger charge is 2.25. The Bertz CT molecular complexity index is 1190. The molecule has 2 aromatic heterocycles. The number of ether oxygens (including phenoxy) is 2. The highest BCUT2D eigenvalue weighted by atomic mass is 16.5. The molecule has 2 heterocycles. The Labute approximate surface area is 193 Å². The summed E-state index contributed by atoms with van der Waals surface area (Å²) >= 11 is 0. The predicted molar refractivity (Wildman–Crippen MR) is 128 cm³/mol. The molecule has 33 heavy (non-hydrogen) atoms. The topological polar surface area (TPSA) is 82.4 Å². The second kappa shape index (κ2) is 9.48. The Kier molecular flexibility index (Phi) is 6.49. The van der Waals surface area contributed by atoms with E-state index in [2.05, 4.69) is 10.3 Å². The Balaban J connectivity index is 1.50. The Morgan fingerprint density at radius 1 is 1.24 bits per heavy atom. The zero-order valence-corrected chi connectivity index (χ0v) is 19.2. The van der Waals surface area contributed by atoms with Crippen molar-refractivity contribution in [2.75, 3.05) is 19.0 Å². The molecule has 7 nitrogen and oxygen atoms in total. The van der Waals surface area contributed by atoms with E-state index in [0.717, 1.165) is 35.6 Å². The maximum atomic E-state index is 12.7. The number of hydrogen-bond donors (Lipinski definition) is 1. The average molecular weight is 448 g/mol. The van der Waals surface area contributed by atoms with E-state index < -0.39 is 5.54 Å². The predicted octanol–water partition coefficient (Wildman–Crippen LogP) is 4.06. The van der Waals surface area contributed by atoms with Gasteiger partial charge in [-0.25, -0.2) is 0 Å². The number of allylic oxidation sites excluding steroid dienone is 4. The van der Waals surface area contributed by atoms with Crippen LogP contribution < -0.4 is 15.6 Å². The summed E-state index contributed by atoms with van der Waals surface area (Å²) < 4.78 is 13.2. The first-order valence-electron chi connectivity index (χ1n) is 11.1. The number of nitrogens with zero attached hydrogens (tertiary/aromatic N) is 2. The van der Waals surface area contributed by atoms with Crippen LogP contribution in [0.2, 0.25) is 0 Å². The van der Waals surface area contributed by atoms with Gasteiger partial charge in [0.15, 0.2) is 0 Å². The first-order chi connectivity index (χ1) is 15.9. The minimum absolute atomic E-state index is 0.0956. The SMILES string of the molecule is COC1=Cc2nccc(OCC(C)(C)n3cc(NC(=O)C4C=CC=CC4)ccc3=O)c2CC1. The third-order valence-corrected chi connectivity index (χ3v) is 5.96. The normalized spacial score (nSPS) is 17.2. The quantitative estimate of drug-likeness (QED) is 0.692. The Morgan fingerprint density at radius 2 is 2.09 bits per heavy atom. The van der Waals surface area contributed by atoms with E-state index in [0.29, 0.717) is 12.1 Å². The summed E-state index contributed by atoms with van der Waals surface area (Å²) in [4.78, 5) is 29.7. The van der Waals surface area contributed by atoms with E-state index in [1.54, 1.807) is 30.1 Å². The van der Waals surface area contributed by atoms with Crippen LogP contribution in [0.15, 0.2) is 65.5 Å². The number of nitrogens with one attached hydrogen (secondary N) is 1. The fraction of sp³-hybridized carbons (Fsp3) is 0.346. The highest BCUT2D eigenvalue weighted by molar-refractivity contribution is 5.93. The molecule has 1 amide bonds. The number of rotatable bonds is 7. The van der Waals surface area contributed by atoms with Gasteiger partial charge in [-0.2, -0.15) is 0 Å². The van der Waals surface area contributed by atoms with Gasteiger partial charge in [0.05, 0.1) is 35.7 Å². The third-order valence-electron chi connectivity index (χ3n) is 5.96. The van der Waals surface area contributed by atoms with Crippen LogP contribution in [0.1, 0.15) is 37.9 Å². The number of hydrogen-bond acceptors (Lipinski definition) is 5. The number of fused-ring (bicyclic) bond motifs is 1. The van der Waals surface area contributed by atoms with Gasteiger partial charge >= 0.3 is 0 Å². The lowest BCUT2D eigenvalue weighted by molar-refractivity contribution is -0.118. The number of carbonyl (C=O) groups excluding carboxylic acids is 1. The van der Waals surface area contributed by atoms with Crippen molar-refractivity contribution in [3.63, 3.8) is 0 Å². The van der Waals surface area contributed by atoms with Gasteiger partial charge in [0.25, 0.3) is 5.56 Å². The van der Waals surface area contributed by atoms with E-state index in [1.807, 2.05) is 50.3 Å². The summed E-state index contributed by atoms with van der Waals surface area (Å²) in [5.41, 5.74) is 1.66. The van der Waals surface area contributed by atoms with Crippen molar-refractivity contribution in [3.8, 4) is 5.75 Å². The van der Waals surface area contributed by atoms with Gasteiger partial charge in [0, 0.05) is 36.5 Å². The van der Waals surface area contributed by atoms with Crippen molar-refractivity contribution < 1.29 is 14.3 Å². The molecule has 0 saturated carbocycles. The van der Waals surface area contributed by atoms with Crippen LogP contribution in [-0.4, -0.2) is 29.2 Å². The summed E-state index contributed by atoms with van der Waals surface area (Å²) in [5, 5.41) is 2.92. The minimum Gasteiger partial charge on any atom is -0.501 e. The van der Waals surface area contributed by atoms with Crippen molar-refractivity contribution in [2.24, 2.45) is 5.92 Å². The van der Waals surface area contributed by atoms with Crippen molar-refractivity contribution >= 4 is 17.7 Å². The molecule has 7 heteroatoms. The molecule has 0 radical (unpaired) electrons. The third kappa shape index (κ3) is 5.08. The van der Waals surface area contributed by atoms with Crippen LogP contribution in [0.5, 0.6) is 5.75 Å². The van der Waals surface area contributed by atoms with E-state index in [1.165, 1.54) is 6.07 Å². The zero-order valence-electron chi connectivity index (χ0n) is 19.2. The second-order valence-corrected chi connectivity index (χ2v) is 8.86. The van der Waals surface area contributed by atoms with Gasteiger partial charge in [0.1, 0.15) is 12.4 Å². The summed E-state index contributed by atoms with van der Waals surface area (Å²) in [6.45, 7) is 4.15. The lowest BCUT2D eigenvalue weighted by Crippen LogP contribution is -2.40. The van der Waals surface area contributed by atoms with Gasteiger partial charge in [-0.05, 0) is 38.8 Å². The van der Waals surface area contributed by atoms with Gasteiger partial charge in [-0.3, -0.25) is 14.6 Å². The smallest absolute Gasteiger partial charge is 0.251 e. The molecule has 0 bridgehead atoms. The standard InChI is InChI=1S/C26H29N3O4/c1-26(2,17-33-23-13-14-27-22-15-20(32-3)10-11-21(22)23)29-16-19(9-12-24(29)30)28-25(31)18-7-5-4-6-8-18/h4-7,9,12-16,18H,8,10-11,17H2,1-3H3,(H,28,31). The monoisotopic (exact) mass is 447 g/mol. The van der Waals surface area contributed by atoms with Gasteiger partial charge in [-0.1, -0.05) is 24.3 Å². The molecule has 1 unspecified atom stereocenters. The molecular weight excluding hydrogens is 418 g/mol. The van der Waals surface area contributed by atoms with Gasteiger partial charge < -0.3 is 19.4 Å². The summed E-state index contributed by atoms with van der Waals surface area (Å²) in [6.07, 6.45) is 15.2. The van der Waals surface area contributed by atoms with Gasteiger partial charge in [0.2, 0.25) is 5.91 Å². The summed E-state index contributed by atoms with van der Waals surface area (Å²) in [5.74, 6) is 1.35. The van der Waals surface area contributed by atoms with Crippen LogP contribution in [0.25, 0.3) is 6.08 Å². The fourth-order valence-corrected chi connectivity index (χ4v) is 4.00. The summed E-state index contributed by atoms with van der Waals surface area (Å²) in [6, 6.07) is 4.96. The molecule has 4 rings (SSSR count). The summed E-state index contributed by atoms with van der Waals surface area (Å²) in [7, 11) is 1.66. The number of pyridine rings is 2. The molecular formula is C26H29N3O4. The van der Waals surface area contributed by atoms with Crippen molar-refractivity contribution in [1.29, 1.82) is 0 Å². The molecule has 1 atom stereocenters. The first kappa shape index (κ1) is 22.6. The second-order valence-electron chi connectivity index (χ2n) is 8.86. The molecule has 0 aromatic carbocycles. The minimum atomic E-state index is -0.649. The highest BCUT2D eigenvalue weighted by Crippen LogP contribution is 2.31. The maximum Gasteiger partial charge on any atom is 0.251 e. The van der Waals surface area contributed by atoms with Crippen molar-refractivity contribution in [3.05, 3.63) is 82.3 Å². The number of carbonyl (C=O) groups is 1. The Hall–Kier alpha value is -3.61. The van der Waals surface area contributed by atoms with Crippen LogP contribution in [-0.2, 0) is 21.5 Å². The number of anilines is 1. The van der Waals surface area contributed by atoms with E-state index in [9.17, 15) is 9.59 Å². The van der Waals surface area contributed by atoms with Crippen molar-refractivity contribution in [1.82, 2.24) is 9.55 Å². The largest absolute Gasteiger partial charge is 0.501 e. The number of amides is 1. The Morgan fingerprint density at radius 3 is 2.85 bits per heavy atom. The van der Waals surface area contributed by atoms with Crippen LogP contribution in [0.3, 0.4) is 0 Å². The van der Waals surface area contributed by atoms with Crippen molar-refractivity contribution in [2.45, 2.75) is 38.6 Å². The van der Waals surface area contributed by atoms with Crippen LogP contribution in [0, 0.1) is 5.92 Å². The van der Waals surface area contributed by atoms with Crippen LogP contribution >= 0.6 is 0 Å². The van der Waals surface area contributed by atoms with E-state index in [4.69, 9.17) is 9.47 Å². The molecule has 2 aromatic rings. The maximum absolute atomic E-state index is 12.7. The molecule has 172 valence electrons. The lowest BCUT2D eigenvalue weighted by Gasteiger charge is -2.29. The van der Waals surface area contributed by atoms with E-state index >= 15 is 0 Å². The molecule has 2 aliphatic rings.